The van der Waals surface area contributed by atoms with Gasteiger partial charge in [0.25, 0.3) is 0 Å². The van der Waals surface area contributed by atoms with Crippen LogP contribution >= 0.6 is 0 Å². The molecule has 2 atom stereocenters. The number of hydrogen-bond donors (Lipinski definition) is 1. The number of ketones is 1. The lowest BCUT2D eigenvalue weighted by Crippen LogP contribution is -2.46. The van der Waals surface area contributed by atoms with Crippen molar-refractivity contribution in [1.29, 1.82) is 0 Å². The highest BCUT2D eigenvalue weighted by molar-refractivity contribution is 6.00. The van der Waals surface area contributed by atoms with Crippen LogP contribution in [0.1, 0.15) is 35.7 Å². The van der Waals surface area contributed by atoms with E-state index in [1.807, 2.05) is 4.90 Å². The fourth-order valence-electron chi connectivity index (χ4n) is 2.76. The summed E-state index contributed by atoms with van der Waals surface area (Å²) in [6, 6.07) is 3.94. The Hall–Kier alpha value is -1.75. The predicted octanol–water partition coefficient (Wildman–Crippen LogP) is 2.50. The third-order valence-electron chi connectivity index (χ3n) is 4.17. The van der Waals surface area contributed by atoms with Crippen LogP contribution in [-0.2, 0) is 4.79 Å². The number of halogens is 1. The molecule has 1 aromatic rings. The summed E-state index contributed by atoms with van der Waals surface area (Å²) in [5, 5.41) is 9.11. The number of carboxylic acids is 1. The van der Waals surface area contributed by atoms with E-state index in [-0.39, 0.29) is 11.6 Å². The fraction of sp³-hybridized carbons (Fsp3) is 0.500. The van der Waals surface area contributed by atoms with Gasteiger partial charge in [-0.25, -0.2) is 4.39 Å². The minimum Gasteiger partial charge on any atom is -0.481 e. The van der Waals surface area contributed by atoms with Crippen LogP contribution in [0.15, 0.2) is 18.2 Å². The summed E-state index contributed by atoms with van der Waals surface area (Å²) >= 11 is 0. The lowest BCUT2D eigenvalue weighted by atomic mass is 9.94. The van der Waals surface area contributed by atoms with E-state index < -0.39 is 17.9 Å². The zero-order valence-corrected chi connectivity index (χ0v) is 12.3. The topological polar surface area (TPSA) is 57.6 Å². The van der Waals surface area contributed by atoms with Crippen molar-refractivity contribution in [3.05, 3.63) is 35.1 Å². The molecule has 2 unspecified atom stereocenters. The van der Waals surface area contributed by atoms with Crippen LogP contribution in [0, 0.1) is 18.7 Å². The monoisotopic (exact) mass is 293 g/mol. The van der Waals surface area contributed by atoms with E-state index in [4.69, 9.17) is 5.11 Å². The number of aryl methyl sites for hydroxylation is 1. The molecule has 0 radical (unpaired) electrons. The molecule has 0 spiro atoms. The van der Waals surface area contributed by atoms with Gasteiger partial charge >= 0.3 is 5.97 Å². The van der Waals surface area contributed by atoms with E-state index in [1.54, 1.807) is 19.9 Å². The van der Waals surface area contributed by atoms with E-state index in [1.165, 1.54) is 12.1 Å². The SMILES string of the molecule is Cc1cc(C(=O)C(C)N2CCCC(C(=O)O)C2)ccc1F. The first kappa shape index (κ1) is 15.6. The summed E-state index contributed by atoms with van der Waals surface area (Å²) in [7, 11) is 0. The normalized spacial score (nSPS) is 21.0. The number of Topliss-reactive ketones (excluding diaryl/α,β-unsaturated/α-hetero) is 1. The maximum atomic E-state index is 13.3. The van der Waals surface area contributed by atoms with Gasteiger partial charge in [0.15, 0.2) is 5.78 Å². The smallest absolute Gasteiger partial charge is 0.307 e. The number of hydrogen-bond acceptors (Lipinski definition) is 3. The first-order chi connectivity index (χ1) is 9.90. The third-order valence-corrected chi connectivity index (χ3v) is 4.17. The summed E-state index contributed by atoms with van der Waals surface area (Å²) in [6.07, 6.45) is 1.43. The zero-order valence-electron chi connectivity index (χ0n) is 12.3. The molecular formula is C16H20FNO3. The molecule has 0 bridgehead atoms. The van der Waals surface area contributed by atoms with E-state index >= 15 is 0 Å². The number of rotatable bonds is 4. The van der Waals surface area contributed by atoms with Gasteiger partial charge in [-0.15, -0.1) is 0 Å². The number of piperidine rings is 1. The standard InChI is InChI=1S/C16H20FNO3/c1-10-8-12(5-6-14(10)17)15(19)11(2)18-7-3-4-13(9-18)16(20)21/h5-6,8,11,13H,3-4,7,9H2,1-2H3,(H,20,21). The van der Waals surface area contributed by atoms with Crippen molar-refractivity contribution < 1.29 is 19.1 Å². The molecule has 1 saturated heterocycles. The molecule has 5 heteroatoms. The summed E-state index contributed by atoms with van der Waals surface area (Å²) < 4.78 is 13.3. The lowest BCUT2D eigenvalue weighted by Gasteiger charge is -2.34. The average Bonchev–Trinajstić information content (AvgIpc) is 2.48. The first-order valence-electron chi connectivity index (χ1n) is 7.17. The van der Waals surface area contributed by atoms with Crippen molar-refractivity contribution in [2.45, 2.75) is 32.7 Å². The molecule has 2 rings (SSSR count). The Morgan fingerprint density at radius 2 is 2.14 bits per heavy atom. The molecular weight excluding hydrogens is 273 g/mol. The summed E-state index contributed by atoms with van der Waals surface area (Å²) in [5.74, 6) is -1.65. The van der Waals surface area contributed by atoms with Crippen molar-refractivity contribution in [2.75, 3.05) is 13.1 Å². The molecule has 21 heavy (non-hydrogen) atoms. The van der Waals surface area contributed by atoms with E-state index in [9.17, 15) is 14.0 Å². The molecule has 114 valence electrons. The van der Waals surface area contributed by atoms with Crippen molar-refractivity contribution in [1.82, 2.24) is 4.90 Å². The molecule has 1 aliphatic rings. The third kappa shape index (κ3) is 3.47. The maximum Gasteiger partial charge on any atom is 0.307 e. The van der Waals surface area contributed by atoms with Crippen molar-refractivity contribution in [3.8, 4) is 0 Å². The van der Waals surface area contributed by atoms with Gasteiger partial charge in [-0.05, 0) is 57.0 Å². The van der Waals surface area contributed by atoms with Gasteiger partial charge < -0.3 is 5.11 Å². The van der Waals surface area contributed by atoms with Gasteiger partial charge in [-0.3, -0.25) is 14.5 Å². The highest BCUT2D eigenvalue weighted by Gasteiger charge is 2.31. The van der Waals surface area contributed by atoms with Gasteiger partial charge in [-0.2, -0.15) is 0 Å². The van der Waals surface area contributed by atoms with Gasteiger partial charge in [0.1, 0.15) is 5.82 Å². The molecule has 1 aromatic carbocycles. The second-order valence-electron chi connectivity index (χ2n) is 5.68. The maximum absolute atomic E-state index is 13.3. The van der Waals surface area contributed by atoms with E-state index in [0.717, 1.165) is 13.0 Å². The summed E-state index contributed by atoms with van der Waals surface area (Å²) in [5.41, 5.74) is 0.911. The quantitative estimate of drug-likeness (QED) is 0.867. The number of nitrogens with zero attached hydrogens (tertiary/aromatic N) is 1. The van der Waals surface area contributed by atoms with Gasteiger partial charge in [0.05, 0.1) is 12.0 Å². The Morgan fingerprint density at radius 3 is 2.76 bits per heavy atom. The number of carboxylic acid groups (broad SMARTS) is 1. The van der Waals surface area contributed by atoms with Crippen LogP contribution in [0.3, 0.4) is 0 Å². The summed E-state index contributed by atoms with van der Waals surface area (Å²) in [6.45, 7) is 4.52. The number of benzene rings is 1. The zero-order chi connectivity index (χ0) is 15.6. The summed E-state index contributed by atoms with van der Waals surface area (Å²) in [4.78, 5) is 25.5. The fourth-order valence-corrected chi connectivity index (χ4v) is 2.76. The van der Waals surface area contributed by atoms with Crippen molar-refractivity contribution in [3.63, 3.8) is 0 Å². The van der Waals surface area contributed by atoms with Crippen LogP contribution in [0.4, 0.5) is 4.39 Å². The lowest BCUT2D eigenvalue weighted by molar-refractivity contribution is -0.143. The van der Waals surface area contributed by atoms with Crippen molar-refractivity contribution >= 4 is 11.8 Å². The Bertz CT molecular complexity index is 558. The Labute approximate surface area is 123 Å². The van der Waals surface area contributed by atoms with Crippen molar-refractivity contribution in [2.24, 2.45) is 5.92 Å². The van der Waals surface area contributed by atoms with Gasteiger partial charge in [0.2, 0.25) is 0 Å². The Kier molecular flexibility index (Phi) is 4.73. The number of carbonyl (C=O) groups is 2. The second-order valence-corrected chi connectivity index (χ2v) is 5.68. The molecule has 1 fully saturated rings. The molecule has 0 aliphatic carbocycles. The molecule has 0 saturated carbocycles. The molecule has 0 aromatic heterocycles. The highest BCUT2D eigenvalue weighted by atomic mass is 19.1. The minimum atomic E-state index is -0.808. The molecule has 1 N–H and O–H groups in total. The van der Waals surface area contributed by atoms with E-state index in [0.29, 0.717) is 24.1 Å². The number of likely N-dealkylation sites (tertiary alicyclic amines) is 1. The molecule has 1 heterocycles. The first-order valence-corrected chi connectivity index (χ1v) is 7.17. The van der Waals surface area contributed by atoms with Crippen LogP contribution in [0.2, 0.25) is 0 Å². The molecule has 4 nitrogen and oxygen atoms in total. The van der Waals surface area contributed by atoms with Gasteiger partial charge in [0, 0.05) is 12.1 Å². The van der Waals surface area contributed by atoms with Crippen LogP contribution < -0.4 is 0 Å². The van der Waals surface area contributed by atoms with Crippen LogP contribution in [0.5, 0.6) is 0 Å². The van der Waals surface area contributed by atoms with Gasteiger partial charge in [-0.1, -0.05) is 0 Å². The highest BCUT2D eigenvalue weighted by Crippen LogP contribution is 2.21. The van der Waals surface area contributed by atoms with Crippen LogP contribution in [-0.4, -0.2) is 40.9 Å². The Balaban J connectivity index is 2.11. The number of carbonyl (C=O) groups excluding carboxylic acids is 1. The molecule has 0 amide bonds. The average molecular weight is 293 g/mol. The largest absolute Gasteiger partial charge is 0.481 e. The minimum absolute atomic E-state index is 0.0934. The van der Waals surface area contributed by atoms with Crippen LogP contribution in [0.25, 0.3) is 0 Å². The Morgan fingerprint density at radius 1 is 1.43 bits per heavy atom. The molecule has 1 aliphatic heterocycles. The van der Waals surface area contributed by atoms with E-state index in [2.05, 4.69) is 0 Å². The predicted molar refractivity (Wildman–Crippen MR) is 76.9 cm³/mol. The number of aliphatic carboxylic acids is 1. The second kappa shape index (κ2) is 6.35.